The van der Waals surface area contributed by atoms with Crippen LogP contribution in [0.3, 0.4) is 0 Å². The minimum Gasteiger partial charge on any atom is -0.494 e. The summed E-state index contributed by atoms with van der Waals surface area (Å²) < 4.78 is 5.57. The van der Waals surface area contributed by atoms with Crippen molar-refractivity contribution >= 4 is 12.2 Å². The Labute approximate surface area is 107 Å². The summed E-state index contributed by atoms with van der Waals surface area (Å²) in [5, 5.41) is 3.67. The van der Waals surface area contributed by atoms with Crippen LogP contribution in [0.1, 0.15) is 31.7 Å². The van der Waals surface area contributed by atoms with Crippen molar-refractivity contribution in [1.82, 2.24) is 5.43 Å². The molecule has 2 amide bonds. The number of rotatable bonds is 7. The number of urea groups is 1. The summed E-state index contributed by atoms with van der Waals surface area (Å²) in [6.45, 7) is 2.90. The van der Waals surface area contributed by atoms with Crippen LogP contribution in [0.15, 0.2) is 29.4 Å². The number of hydrazone groups is 1. The van der Waals surface area contributed by atoms with E-state index in [2.05, 4.69) is 17.5 Å². The quantitative estimate of drug-likeness (QED) is 0.442. The Morgan fingerprint density at radius 3 is 2.72 bits per heavy atom. The molecule has 3 N–H and O–H groups in total. The number of carbonyl (C=O) groups is 1. The first-order chi connectivity index (χ1) is 8.72. The van der Waals surface area contributed by atoms with Gasteiger partial charge in [-0.25, -0.2) is 10.2 Å². The van der Waals surface area contributed by atoms with Crippen LogP contribution < -0.4 is 15.9 Å². The lowest BCUT2D eigenvalue weighted by Gasteiger charge is -2.05. The molecule has 0 saturated carbocycles. The highest BCUT2D eigenvalue weighted by molar-refractivity contribution is 5.81. The van der Waals surface area contributed by atoms with Crippen LogP contribution >= 0.6 is 0 Å². The lowest BCUT2D eigenvalue weighted by atomic mass is 10.2. The molecule has 0 spiro atoms. The van der Waals surface area contributed by atoms with Crippen LogP contribution in [0.2, 0.25) is 0 Å². The highest BCUT2D eigenvalue weighted by Gasteiger charge is 1.94. The predicted molar refractivity (Wildman–Crippen MR) is 71.8 cm³/mol. The van der Waals surface area contributed by atoms with Gasteiger partial charge in [0.2, 0.25) is 0 Å². The van der Waals surface area contributed by atoms with E-state index in [0.29, 0.717) is 0 Å². The molecule has 1 rings (SSSR count). The number of primary amides is 1. The van der Waals surface area contributed by atoms with Crippen molar-refractivity contribution in [2.45, 2.75) is 26.2 Å². The number of nitrogens with zero attached hydrogens (tertiary/aromatic N) is 1. The first-order valence-electron chi connectivity index (χ1n) is 6.03. The van der Waals surface area contributed by atoms with Gasteiger partial charge in [0.15, 0.2) is 0 Å². The largest absolute Gasteiger partial charge is 0.494 e. The third kappa shape index (κ3) is 5.89. The Kier molecular flexibility index (Phi) is 6.32. The predicted octanol–water partition coefficient (Wildman–Crippen LogP) is 2.26. The number of amides is 2. The molecule has 0 atom stereocenters. The Morgan fingerprint density at radius 1 is 1.39 bits per heavy atom. The molecular formula is C13H19N3O2. The van der Waals surface area contributed by atoms with Crippen LogP contribution in [0.25, 0.3) is 0 Å². The minimum absolute atomic E-state index is 0.679. The van der Waals surface area contributed by atoms with Crippen molar-refractivity contribution in [2.75, 3.05) is 6.61 Å². The average molecular weight is 249 g/mol. The zero-order valence-electron chi connectivity index (χ0n) is 10.6. The van der Waals surface area contributed by atoms with Crippen molar-refractivity contribution in [3.63, 3.8) is 0 Å². The summed E-state index contributed by atoms with van der Waals surface area (Å²) in [6, 6.07) is 6.79. The fraction of sp³-hybridized carbons (Fsp3) is 0.385. The molecule has 18 heavy (non-hydrogen) atoms. The van der Waals surface area contributed by atoms with E-state index in [4.69, 9.17) is 10.5 Å². The number of nitrogens with two attached hydrogens (primary N) is 1. The van der Waals surface area contributed by atoms with Crippen molar-refractivity contribution in [2.24, 2.45) is 10.8 Å². The molecule has 1 aromatic carbocycles. The maximum atomic E-state index is 10.4. The molecule has 0 saturated heterocycles. The number of ether oxygens (including phenoxy) is 1. The third-order valence-electron chi connectivity index (χ3n) is 2.29. The summed E-state index contributed by atoms with van der Waals surface area (Å²) in [4.78, 5) is 10.4. The van der Waals surface area contributed by atoms with E-state index in [0.717, 1.165) is 24.3 Å². The second kappa shape index (κ2) is 8.11. The van der Waals surface area contributed by atoms with Gasteiger partial charge >= 0.3 is 6.03 Å². The van der Waals surface area contributed by atoms with E-state index in [1.54, 1.807) is 0 Å². The molecule has 1 aromatic rings. The van der Waals surface area contributed by atoms with Gasteiger partial charge in [-0.15, -0.1) is 0 Å². The van der Waals surface area contributed by atoms with Crippen molar-refractivity contribution in [1.29, 1.82) is 0 Å². The molecule has 0 unspecified atom stereocenters. The molecule has 0 bridgehead atoms. The maximum Gasteiger partial charge on any atom is 0.332 e. The molecule has 0 aliphatic heterocycles. The normalized spacial score (nSPS) is 10.5. The van der Waals surface area contributed by atoms with E-state index in [1.807, 2.05) is 24.3 Å². The Bertz CT molecular complexity index is 388. The van der Waals surface area contributed by atoms with Gasteiger partial charge in [-0.2, -0.15) is 5.10 Å². The van der Waals surface area contributed by atoms with Gasteiger partial charge in [0, 0.05) is 0 Å². The number of hydrogen-bond acceptors (Lipinski definition) is 3. The van der Waals surface area contributed by atoms with Gasteiger partial charge in [-0.3, -0.25) is 0 Å². The molecule has 0 aliphatic carbocycles. The zero-order chi connectivity index (χ0) is 13.2. The molecule has 0 fully saturated rings. The number of benzene rings is 1. The van der Waals surface area contributed by atoms with Gasteiger partial charge in [-0.05, 0) is 36.2 Å². The molecule has 98 valence electrons. The summed E-state index contributed by atoms with van der Waals surface area (Å²) in [6.07, 6.45) is 4.96. The summed E-state index contributed by atoms with van der Waals surface area (Å²) in [5.74, 6) is 0.839. The van der Waals surface area contributed by atoms with Crippen LogP contribution in [-0.2, 0) is 0 Å². The number of unbranched alkanes of at least 4 members (excludes halogenated alkanes) is 2. The van der Waals surface area contributed by atoms with Crippen LogP contribution in [0.5, 0.6) is 5.75 Å². The number of hydrogen-bond donors (Lipinski definition) is 2. The molecule has 0 aromatic heterocycles. The lowest BCUT2D eigenvalue weighted by molar-refractivity contribution is 0.249. The fourth-order valence-corrected chi connectivity index (χ4v) is 1.36. The van der Waals surface area contributed by atoms with E-state index in [9.17, 15) is 4.79 Å². The van der Waals surface area contributed by atoms with E-state index in [1.165, 1.54) is 19.1 Å². The van der Waals surface area contributed by atoms with E-state index >= 15 is 0 Å². The summed E-state index contributed by atoms with van der Waals surface area (Å²) in [5.41, 5.74) is 7.88. The third-order valence-corrected chi connectivity index (χ3v) is 2.29. The maximum absolute atomic E-state index is 10.4. The van der Waals surface area contributed by atoms with Crippen molar-refractivity contribution in [3.05, 3.63) is 29.8 Å². The highest BCUT2D eigenvalue weighted by atomic mass is 16.5. The number of nitrogens with one attached hydrogen (secondary N) is 1. The minimum atomic E-state index is -0.679. The average Bonchev–Trinajstić information content (AvgIpc) is 2.36. The summed E-state index contributed by atoms with van der Waals surface area (Å²) in [7, 11) is 0. The monoisotopic (exact) mass is 249 g/mol. The van der Waals surface area contributed by atoms with Gasteiger partial charge in [0.25, 0.3) is 0 Å². The summed E-state index contributed by atoms with van der Waals surface area (Å²) >= 11 is 0. The fourth-order valence-electron chi connectivity index (χ4n) is 1.36. The van der Waals surface area contributed by atoms with Crippen LogP contribution in [0, 0.1) is 0 Å². The Balaban J connectivity index is 2.37. The second-order valence-electron chi connectivity index (χ2n) is 3.86. The topological polar surface area (TPSA) is 76.7 Å². The van der Waals surface area contributed by atoms with Gasteiger partial charge in [0.05, 0.1) is 12.8 Å². The van der Waals surface area contributed by atoms with E-state index in [-0.39, 0.29) is 0 Å². The van der Waals surface area contributed by atoms with E-state index < -0.39 is 6.03 Å². The standard InChI is InChI=1S/C13H19N3O2/c1-2-3-4-9-18-12-7-5-11(6-8-12)10-15-16-13(14)17/h5-8,10H,2-4,9H2,1H3,(H3,14,16,17). The Morgan fingerprint density at radius 2 is 2.11 bits per heavy atom. The smallest absolute Gasteiger partial charge is 0.332 e. The molecular weight excluding hydrogens is 230 g/mol. The lowest BCUT2D eigenvalue weighted by Crippen LogP contribution is -2.24. The molecule has 0 radical (unpaired) electrons. The molecule has 0 aliphatic rings. The number of carbonyl (C=O) groups excluding carboxylic acids is 1. The molecule has 0 heterocycles. The SMILES string of the molecule is CCCCCOc1ccc(C=NNC(N)=O)cc1. The van der Waals surface area contributed by atoms with Crippen molar-refractivity contribution in [3.8, 4) is 5.75 Å². The molecule has 5 nitrogen and oxygen atoms in total. The van der Waals surface area contributed by atoms with Gasteiger partial charge in [-0.1, -0.05) is 19.8 Å². The van der Waals surface area contributed by atoms with Gasteiger partial charge < -0.3 is 10.5 Å². The highest BCUT2D eigenvalue weighted by Crippen LogP contribution is 2.11. The first kappa shape index (κ1) is 14.0. The first-order valence-corrected chi connectivity index (χ1v) is 6.03. The second-order valence-corrected chi connectivity index (χ2v) is 3.86. The van der Waals surface area contributed by atoms with Gasteiger partial charge in [0.1, 0.15) is 5.75 Å². The van der Waals surface area contributed by atoms with Crippen LogP contribution in [-0.4, -0.2) is 18.9 Å². The van der Waals surface area contributed by atoms with Crippen LogP contribution in [0.4, 0.5) is 4.79 Å². The Hall–Kier alpha value is -2.04. The molecule has 5 heteroatoms. The van der Waals surface area contributed by atoms with Crippen molar-refractivity contribution < 1.29 is 9.53 Å². The zero-order valence-corrected chi connectivity index (χ0v) is 10.6.